The van der Waals surface area contributed by atoms with Crippen molar-refractivity contribution in [2.45, 2.75) is 25.7 Å². The SMILES string of the molecule is C#CC(=O)N(CC[CH2-])CCN(CC[CH2-])C(=O)C#C.C#CCN(CC[CH2-])CCN(CC#C)CC[CH2-].C#CCN(C[CH2-])CCOCCN(C[CH2-])CC#C.[W].[W].[W].[W].[W].[W]. The van der Waals surface area contributed by atoms with Gasteiger partial charge in [0.2, 0.25) is 0 Å². The first-order valence-corrected chi connectivity index (χ1v) is 17.1. The Morgan fingerprint density at radius 3 is 0.912 bits per heavy atom. The molecule has 0 aromatic carbocycles. The van der Waals surface area contributed by atoms with Crippen LogP contribution in [0.25, 0.3) is 0 Å². The summed E-state index contributed by atoms with van der Waals surface area (Å²) >= 11 is 0. The maximum absolute atomic E-state index is 11.4. The largest absolute Gasteiger partial charge is 0.379 e. The molecule has 0 N–H and O–H groups in total. The van der Waals surface area contributed by atoms with Crippen molar-refractivity contribution in [3.63, 3.8) is 0 Å². The molecule has 0 aliphatic rings. The molecule has 0 unspecified atom stereocenters. The Morgan fingerprint density at radius 2 is 0.684 bits per heavy atom. The smallest absolute Gasteiger partial charge is 0.298 e. The zero-order valence-electron chi connectivity index (χ0n) is 33.6. The molecule has 0 atom stereocenters. The standard InChI is InChI=1S/C14H18N2O2.C14H22N2O.C14H22N2.6W/c1-5-9-15(13(17)7-3)11-12-16(10-6-2)14(18)8-4;1-5-9-15(7-3)11-13-17-14-12-16(8-4)10-6-2;1-5-9-15(10-6-2)13-14-16(11-7-3)12-8-4;;;;;;/h3-4H,1-2,5-6,9-12H2;1-2H,3-4,7-14H2;1,3H,2,4,6,8-14H2;;;;;;/q3*-2;;;;;;. The molecule has 9 nitrogen and oxygen atoms in total. The zero-order valence-corrected chi connectivity index (χ0v) is 51.2. The Balaban J connectivity index is -0.0000000824. The molecular weight excluding hydrogens is 1740 g/mol. The van der Waals surface area contributed by atoms with E-state index in [-0.39, 0.29) is 126 Å². The summed E-state index contributed by atoms with van der Waals surface area (Å²) in [6.45, 7) is 35.0. The molecule has 0 bridgehead atoms. The van der Waals surface area contributed by atoms with E-state index < -0.39 is 11.8 Å². The molecule has 0 aromatic rings. The number of hydrogen-bond acceptors (Lipinski definition) is 7. The molecule has 15 heteroatoms. The van der Waals surface area contributed by atoms with Gasteiger partial charge in [-0.05, 0) is 38.0 Å². The molecule has 0 radical (unpaired) electrons. The molecule has 2 amide bonds. The van der Waals surface area contributed by atoms with E-state index in [4.69, 9.17) is 43.3 Å². The van der Waals surface area contributed by atoms with E-state index in [1.807, 2.05) is 0 Å². The summed E-state index contributed by atoms with van der Waals surface area (Å²) in [5, 5.41) is 0. The minimum absolute atomic E-state index is 0. The molecule has 320 valence electrons. The fourth-order valence-corrected chi connectivity index (χ4v) is 4.25. The summed E-state index contributed by atoms with van der Waals surface area (Å²) in [7, 11) is 0. The zero-order chi connectivity index (χ0) is 39.1. The van der Waals surface area contributed by atoms with Crippen LogP contribution in [0.3, 0.4) is 0 Å². The van der Waals surface area contributed by atoms with Crippen molar-refractivity contribution in [3.8, 4) is 74.1 Å². The summed E-state index contributed by atoms with van der Waals surface area (Å²) in [5.41, 5.74) is 0. The number of rotatable bonds is 26. The summed E-state index contributed by atoms with van der Waals surface area (Å²) in [6.07, 6.45) is 34.1. The Bertz CT molecular complexity index is 1070. The maximum atomic E-state index is 11.4. The topological polar surface area (TPSA) is 62.8 Å². The fourth-order valence-electron chi connectivity index (χ4n) is 4.25. The molecule has 0 saturated heterocycles. The monoisotopic (exact) mass is 1800 g/mol. The summed E-state index contributed by atoms with van der Waals surface area (Å²) in [4.78, 5) is 34.3. The number of carbonyl (C=O) groups is 2. The maximum Gasteiger partial charge on any atom is 0.298 e. The van der Waals surface area contributed by atoms with Crippen molar-refractivity contribution < 1.29 is 141 Å². The number of carbonyl (C=O) groups excluding carboxylic acids is 2. The second-order valence-electron chi connectivity index (χ2n) is 10.8. The van der Waals surface area contributed by atoms with Crippen LogP contribution in [0.15, 0.2) is 0 Å². The van der Waals surface area contributed by atoms with Gasteiger partial charge in [-0.2, -0.15) is 25.7 Å². The molecule has 0 aliphatic carbocycles. The van der Waals surface area contributed by atoms with Crippen LogP contribution in [0.5, 0.6) is 0 Å². The van der Waals surface area contributed by atoms with Crippen LogP contribution in [0, 0.1) is 116 Å². The van der Waals surface area contributed by atoms with Gasteiger partial charge in [-0.3, -0.25) is 19.4 Å². The minimum atomic E-state index is -0.401. The van der Waals surface area contributed by atoms with Gasteiger partial charge >= 0.3 is 0 Å². The van der Waals surface area contributed by atoms with Crippen LogP contribution in [0.4, 0.5) is 0 Å². The van der Waals surface area contributed by atoms with Gasteiger partial charge in [-0.25, -0.2) is 0 Å². The van der Waals surface area contributed by atoms with Crippen LogP contribution >= 0.6 is 0 Å². The Morgan fingerprint density at radius 1 is 0.404 bits per heavy atom. The molecule has 0 rings (SSSR count). The van der Waals surface area contributed by atoms with Gasteiger partial charge < -0.3 is 65.9 Å². The fraction of sp³-hybridized carbons (Fsp3) is 0.524. The van der Waals surface area contributed by atoms with Crippen LogP contribution < -0.4 is 0 Å². The van der Waals surface area contributed by atoms with Crippen LogP contribution in [0.2, 0.25) is 0 Å². The van der Waals surface area contributed by atoms with Gasteiger partial charge in [0, 0.05) is 166 Å². The average molecular weight is 1800 g/mol. The van der Waals surface area contributed by atoms with E-state index in [1.54, 1.807) is 0 Å². The molecule has 0 heterocycles. The molecule has 57 heavy (non-hydrogen) atoms. The molecule has 0 aliphatic heterocycles. The Hall–Kier alpha value is 0.230. The number of ether oxygens (including phenoxy) is 1. The van der Waals surface area contributed by atoms with Crippen molar-refractivity contribution in [1.82, 2.24) is 29.4 Å². The summed E-state index contributed by atoms with van der Waals surface area (Å²) < 4.78 is 5.51. The second kappa shape index (κ2) is 60.5. The van der Waals surface area contributed by atoms with Crippen molar-refractivity contribution in [1.29, 1.82) is 0 Å². The quantitative estimate of drug-likeness (QED) is 0.0750. The Kier molecular flexibility index (Phi) is 82.6. The van der Waals surface area contributed by atoms with Crippen molar-refractivity contribution >= 4 is 11.8 Å². The van der Waals surface area contributed by atoms with Gasteiger partial charge in [0.05, 0.1) is 39.4 Å². The van der Waals surface area contributed by atoms with Crippen molar-refractivity contribution in [2.75, 3.05) is 118 Å². The number of nitrogens with zero attached hydrogens (tertiary/aromatic N) is 6. The molecule has 0 spiro atoms. The summed E-state index contributed by atoms with van der Waals surface area (Å²) in [5.74, 6) is 13.8. The summed E-state index contributed by atoms with van der Waals surface area (Å²) in [6, 6.07) is 0. The normalized spacial score (nSPS) is 8.91. The second-order valence-corrected chi connectivity index (χ2v) is 10.8. The van der Waals surface area contributed by atoms with E-state index in [2.05, 4.69) is 96.7 Å². The van der Waals surface area contributed by atoms with Gasteiger partial charge in [-0.1, -0.05) is 23.7 Å². The first-order chi connectivity index (χ1) is 24.7. The molecule has 0 saturated carbocycles. The average Bonchev–Trinajstić information content (AvgIpc) is 3.14. The van der Waals surface area contributed by atoms with E-state index in [9.17, 15) is 9.59 Å². The third-order valence-corrected chi connectivity index (χ3v) is 6.99. The van der Waals surface area contributed by atoms with Gasteiger partial charge in [-0.15, -0.1) is 51.6 Å². The number of amides is 2. The minimum Gasteiger partial charge on any atom is -0.379 e. The van der Waals surface area contributed by atoms with E-state index in [0.29, 0.717) is 91.5 Å². The number of terminal acetylenes is 6. The van der Waals surface area contributed by atoms with Crippen LogP contribution in [-0.2, 0) is 141 Å². The Labute approximate surface area is 436 Å². The molecule has 0 aromatic heterocycles. The first-order valence-electron chi connectivity index (χ1n) is 17.1. The van der Waals surface area contributed by atoms with E-state index in [1.165, 1.54) is 9.80 Å². The van der Waals surface area contributed by atoms with E-state index in [0.717, 1.165) is 52.1 Å². The van der Waals surface area contributed by atoms with Crippen molar-refractivity contribution in [2.24, 2.45) is 0 Å². The van der Waals surface area contributed by atoms with Gasteiger partial charge in [0.15, 0.2) is 0 Å². The van der Waals surface area contributed by atoms with Crippen LogP contribution in [0.1, 0.15) is 25.7 Å². The predicted octanol–water partition coefficient (Wildman–Crippen LogP) is 2.19. The molecular formula is C42H62N6O3W6-6. The van der Waals surface area contributed by atoms with Crippen molar-refractivity contribution in [3.05, 3.63) is 41.5 Å². The third-order valence-electron chi connectivity index (χ3n) is 6.99. The third kappa shape index (κ3) is 48.8. The van der Waals surface area contributed by atoms with Crippen LogP contribution in [-0.4, -0.2) is 159 Å². The van der Waals surface area contributed by atoms with Gasteiger partial charge in [0.25, 0.3) is 11.8 Å². The first kappa shape index (κ1) is 77.8. The van der Waals surface area contributed by atoms with E-state index >= 15 is 0 Å². The van der Waals surface area contributed by atoms with Gasteiger partial charge in [0.1, 0.15) is 0 Å². The number of hydrogen-bond donors (Lipinski definition) is 0. The molecule has 0 fully saturated rings. The predicted molar refractivity (Wildman–Crippen MR) is 213 cm³/mol.